The molecule has 0 heterocycles. The molecule has 0 aliphatic heterocycles. The van der Waals surface area contributed by atoms with E-state index in [9.17, 15) is 22.9 Å². The number of rotatable bonds is 7. The summed E-state index contributed by atoms with van der Waals surface area (Å²) in [7, 11) is -4.73. The largest absolute Gasteiger partial charge is 0.505 e. The molecule has 0 spiro atoms. The van der Waals surface area contributed by atoms with Gasteiger partial charge in [0, 0.05) is 5.39 Å². The number of azo groups is 1. The van der Waals surface area contributed by atoms with Gasteiger partial charge in [-0.15, -0.1) is 10.2 Å². The van der Waals surface area contributed by atoms with E-state index >= 15 is 0 Å². The number of nitrogens with zero attached hydrogens (tertiary/aromatic N) is 2. The molecule has 4 aromatic rings. The Kier molecular flexibility index (Phi) is 7.44. The molecule has 0 atom stereocenters. The number of hydrogen-bond donors (Lipinski definition) is 3. The van der Waals surface area contributed by atoms with Gasteiger partial charge in [-0.25, -0.2) is 0 Å². The Morgan fingerprint density at radius 1 is 1.05 bits per heavy atom. The van der Waals surface area contributed by atoms with Crippen LogP contribution in [0.15, 0.2) is 81.9 Å². The Labute approximate surface area is 218 Å². The van der Waals surface area contributed by atoms with Crippen LogP contribution in [-0.2, 0) is 10.1 Å². The molecule has 4 rings (SSSR count). The number of hydrogen-bond acceptors (Lipinski definition) is 7. The maximum Gasteiger partial charge on any atom is 0.298 e. The molecular formula is C26H22ClN3O6S. The standard InChI is InChI=1S/C26H22ClN3O6S/c1-3-36-21-11-7-6-10-19(21)28-26(32)18-14-16-8-4-5-9-17(16)23(24(18)31)30-29-20-13-12-15(2)22(27)25(20)37(33,34)35/h4-14,31H,3H2,1-2H3,(H,28,32)(H,33,34,35). The number of carbonyl (C=O) groups is 1. The van der Waals surface area contributed by atoms with Crippen LogP contribution in [0.4, 0.5) is 17.1 Å². The van der Waals surface area contributed by atoms with E-state index in [4.69, 9.17) is 16.3 Å². The molecular weight excluding hydrogens is 518 g/mol. The second-order valence-electron chi connectivity index (χ2n) is 7.95. The number of para-hydroxylation sites is 2. The van der Waals surface area contributed by atoms with Crippen LogP contribution in [0.3, 0.4) is 0 Å². The van der Waals surface area contributed by atoms with Gasteiger partial charge in [0.1, 0.15) is 22.0 Å². The summed E-state index contributed by atoms with van der Waals surface area (Å²) in [6.45, 7) is 3.79. The number of phenols is 1. The van der Waals surface area contributed by atoms with E-state index in [0.717, 1.165) is 0 Å². The van der Waals surface area contributed by atoms with E-state index in [-0.39, 0.29) is 22.0 Å². The van der Waals surface area contributed by atoms with Gasteiger partial charge in [0.05, 0.1) is 22.9 Å². The number of benzene rings is 4. The average molecular weight is 540 g/mol. The lowest BCUT2D eigenvalue weighted by atomic mass is 10.0. The minimum Gasteiger partial charge on any atom is -0.505 e. The molecule has 11 heteroatoms. The monoisotopic (exact) mass is 539 g/mol. The molecule has 1 amide bonds. The summed E-state index contributed by atoms with van der Waals surface area (Å²) < 4.78 is 39.2. The molecule has 0 saturated carbocycles. The molecule has 4 aromatic carbocycles. The van der Waals surface area contributed by atoms with Gasteiger partial charge in [0.2, 0.25) is 0 Å². The third-order valence-electron chi connectivity index (χ3n) is 5.46. The summed E-state index contributed by atoms with van der Waals surface area (Å²) in [5.74, 6) is -0.628. The predicted octanol–water partition coefficient (Wildman–Crippen LogP) is 6.82. The van der Waals surface area contributed by atoms with Gasteiger partial charge in [0.25, 0.3) is 16.0 Å². The first kappa shape index (κ1) is 26.1. The SMILES string of the molecule is CCOc1ccccc1NC(=O)c1cc2ccccc2c(N=Nc2ccc(C)c(Cl)c2S(=O)(=O)O)c1O. The zero-order chi connectivity index (χ0) is 26.7. The number of aryl methyl sites for hydroxylation is 1. The molecule has 0 aliphatic rings. The van der Waals surface area contributed by atoms with E-state index in [0.29, 0.717) is 34.4 Å². The quantitative estimate of drug-likeness (QED) is 0.174. The van der Waals surface area contributed by atoms with Crippen LogP contribution in [0.2, 0.25) is 5.02 Å². The number of nitrogens with one attached hydrogen (secondary N) is 1. The van der Waals surface area contributed by atoms with Crippen molar-refractivity contribution in [2.75, 3.05) is 11.9 Å². The van der Waals surface area contributed by atoms with Gasteiger partial charge < -0.3 is 15.2 Å². The zero-order valence-electron chi connectivity index (χ0n) is 19.8. The normalized spacial score (nSPS) is 11.7. The highest BCUT2D eigenvalue weighted by Crippen LogP contribution is 2.41. The third-order valence-corrected chi connectivity index (χ3v) is 6.99. The van der Waals surface area contributed by atoms with Gasteiger partial charge in [-0.05, 0) is 49.1 Å². The van der Waals surface area contributed by atoms with Gasteiger partial charge in [-0.3, -0.25) is 9.35 Å². The molecule has 190 valence electrons. The number of carbonyl (C=O) groups excluding carboxylic acids is 1. The van der Waals surface area contributed by atoms with E-state index in [1.807, 2.05) is 6.92 Å². The van der Waals surface area contributed by atoms with Crippen LogP contribution in [0.1, 0.15) is 22.8 Å². The second kappa shape index (κ2) is 10.6. The van der Waals surface area contributed by atoms with Crippen LogP contribution in [-0.4, -0.2) is 30.6 Å². The van der Waals surface area contributed by atoms with Crippen LogP contribution in [0.5, 0.6) is 11.5 Å². The molecule has 0 fully saturated rings. The van der Waals surface area contributed by atoms with Gasteiger partial charge in [-0.1, -0.05) is 54.1 Å². The zero-order valence-corrected chi connectivity index (χ0v) is 21.3. The Hall–Kier alpha value is -3.99. The smallest absolute Gasteiger partial charge is 0.298 e. The lowest BCUT2D eigenvalue weighted by molar-refractivity contribution is 0.102. The molecule has 9 nitrogen and oxygen atoms in total. The lowest BCUT2D eigenvalue weighted by Gasteiger charge is -2.13. The number of phenolic OH excluding ortho intramolecular Hbond substituents is 1. The minimum absolute atomic E-state index is 0.0701. The first-order valence-electron chi connectivity index (χ1n) is 11.1. The highest BCUT2D eigenvalue weighted by molar-refractivity contribution is 7.86. The van der Waals surface area contributed by atoms with E-state index < -0.39 is 26.7 Å². The lowest BCUT2D eigenvalue weighted by Crippen LogP contribution is -2.13. The number of ether oxygens (including phenoxy) is 1. The van der Waals surface area contributed by atoms with Crippen molar-refractivity contribution >= 4 is 55.5 Å². The number of fused-ring (bicyclic) bond motifs is 1. The molecule has 3 N–H and O–H groups in total. The van der Waals surface area contributed by atoms with E-state index in [1.165, 1.54) is 18.2 Å². The van der Waals surface area contributed by atoms with Crippen molar-refractivity contribution < 1.29 is 27.6 Å². The number of halogens is 1. The van der Waals surface area contributed by atoms with Crippen molar-refractivity contribution in [1.29, 1.82) is 0 Å². The third kappa shape index (κ3) is 5.41. The molecule has 0 saturated heterocycles. The summed E-state index contributed by atoms with van der Waals surface area (Å²) in [6.07, 6.45) is 0. The molecule has 0 unspecified atom stereocenters. The second-order valence-corrected chi connectivity index (χ2v) is 9.68. The molecule has 0 aliphatic carbocycles. The summed E-state index contributed by atoms with van der Waals surface area (Å²) in [6, 6.07) is 18.1. The fraction of sp³-hybridized carbons (Fsp3) is 0.115. The maximum absolute atomic E-state index is 13.2. The first-order chi connectivity index (χ1) is 17.6. The minimum atomic E-state index is -4.73. The van der Waals surface area contributed by atoms with Crippen molar-refractivity contribution in [2.45, 2.75) is 18.7 Å². The summed E-state index contributed by atoms with van der Waals surface area (Å²) >= 11 is 6.12. The van der Waals surface area contributed by atoms with Gasteiger partial charge in [-0.2, -0.15) is 8.42 Å². The highest BCUT2D eigenvalue weighted by atomic mass is 35.5. The summed E-state index contributed by atoms with van der Waals surface area (Å²) in [5, 5.41) is 22.7. The Balaban J connectivity index is 1.83. The van der Waals surface area contributed by atoms with Crippen LogP contribution in [0.25, 0.3) is 10.8 Å². The number of amides is 1. The van der Waals surface area contributed by atoms with E-state index in [2.05, 4.69) is 15.5 Å². The predicted molar refractivity (Wildman–Crippen MR) is 141 cm³/mol. The van der Waals surface area contributed by atoms with E-state index in [1.54, 1.807) is 55.5 Å². The Morgan fingerprint density at radius 3 is 2.49 bits per heavy atom. The first-order valence-corrected chi connectivity index (χ1v) is 12.9. The van der Waals surface area contributed by atoms with Crippen LogP contribution in [0, 0.1) is 6.92 Å². The Bertz CT molecular complexity index is 1650. The van der Waals surface area contributed by atoms with Crippen LogP contribution >= 0.6 is 11.6 Å². The number of anilines is 1. The average Bonchev–Trinajstić information content (AvgIpc) is 2.85. The topological polar surface area (TPSA) is 138 Å². The molecule has 37 heavy (non-hydrogen) atoms. The maximum atomic E-state index is 13.2. The highest BCUT2D eigenvalue weighted by Gasteiger charge is 2.23. The van der Waals surface area contributed by atoms with Crippen molar-refractivity contribution in [3.05, 3.63) is 82.9 Å². The van der Waals surface area contributed by atoms with Gasteiger partial charge in [0.15, 0.2) is 5.75 Å². The van der Waals surface area contributed by atoms with Gasteiger partial charge >= 0.3 is 0 Å². The van der Waals surface area contributed by atoms with Crippen molar-refractivity contribution in [3.63, 3.8) is 0 Å². The molecule has 0 bridgehead atoms. The molecule has 0 aromatic heterocycles. The van der Waals surface area contributed by atoms with Crippen molar-refractivity contribution in [1.82, 2.24) is 0 Å². The number of aromatic hydroxyl groups is 1. The van der Waals surface area contributed by atoms with Crippen molar-refractivity contribution in [3.8, 4) is 11.5 Å². The summed E-state index contributed by atoms with van der Waals surface area (Å²) in [5.41, 5.74) is 0.432. The Morgan fingerprint density at radius 2 is 1.76 bits per heavy atom. The fourth-order valence-corrected chi connectivity index (χ4v) is 4.92. The molecule has 0 radical (unpaired) electrons. The van der Waals surface area contributed by atoms with Crippen molar-refractivity contribution in [2.24, 2.45) is 10.2 Å². The van der Waals surface area contributed by atoms with Crippen LogP contribution < -0.4 is 10.1 Å². The fourth-order valence-electron chi connectivity index (χ4n) is 3.71. The summed E-state index contributed by atoms with van der Waals surface area (Å²) in [4.78, 5) is 12.6.